The normalized spacial score (nSPS) is 11.9. The predicted molar refractivity (Wildman–Crippen MR) is 95.8 cm³/mol. The van der Waals surface area contributed by atoms with Crippen molar-refractivity contribution >= 4 is 11.9 Å². The highest BCUT2D eigenvalue weighted by Crippen LogP contribution is 2.20. The van der Waals surface area contributed by atoms with Crippen molar-refractivity contribution in [3.63, 3.8) is 0 Å². The second-order valence-electron chi connectivity index (χ2n) is 5.98. The third-order valence-corrected chi connectivity index (χ3v) is 3.91. The number of aliphatic carboxylic acids is 1. The van der Waals surface area contributed by atoms with Gasteiger partial charge in [0.05, 0.1) is 5.92 Å². The predicted octanol–water partition coefficient (Wildman–Crippen LogP) is 2.93. The molecular formula is C19H24N2O5. The van der Waals surface area contributed by atoms with Crippen LogP contribution >= 0.6 is 0 Å². The Kier molecular flexibility index (Phi) is 7.35. The van der Waals surface area contributed by atoms with Crippen molar-refractivity contribution in [3.8, 4) is 11.3 Å². The molecule has 0 aliphatic heterocycles. The van der Waals surface area contributed by atoms with E-state index in [0.29, 0.717) is 31.9 Å². The lowest BCUT2D eigenvalue weighted by atomic mass is 10.1. The van der Waals surface area contributed by atoms with Crippen molar-refractivity contribution in [2.24, 2.45) is 5.92 Å². The van der Waals surface area contributed by atoms with Gasteiger partial charge in [-0.3, -0.25) is 9.59 Å². The van der Waals surface area contributed by atoms with Gasteiger partial charge in [0.2, 0.25) is 0 Å². The molecule has 0 spiro atoms. The summed E-state index contributed by atoms with van der Waals surface area (Å²) in [6.45, 7) is 5.08. The Morgan fingerprint density at radius 3 is 2.69 bits per heavy atom. The van der Waals surface area contributed by atoms with E-state index in [-0.39, 0.29) is 18.1 Å². The van der Waals surface area contributed by atoms with Crippen LogP contribution < -0.4 is 0 Å². The quantitative estimate of drug-likeness (QED) is 0.655. The SMILES string of the molecule is CCOCCCN(CC(C)C(=O)O)C(=O)c1cc(-c2ccccc2)on1. The topological polar surface area (TPSA) is 92.9 Å². The fourth-order valence-electron chi connectivity index (χ4n) is 2.46. The first kappa shape index (κ1) is 19.7. The number of carboxylic acids is 1. The number of nitrogens with zero attached hydrogens (tertiary/aromatic N) is 2. The summed E-state index contributed by atoms with van der Waals surface area (Å²) in [5.74, 6) is -1.47. The van der Waals surface area contributed by atoms with Gasteiger partial charge in [0, 0.05) is 37.9 Å². The van der Waals surface area contributed by atoms with Crippen LogP contribution in [0, 0.1) is 5.92 Å². The number of aromatic nitrogens is 1. The number of hydrogen-bond donors (Lipinski definition) is 1. The molecule has 0 radical (unpaired) electrons. The van der Waals surface area contributed by atoms with E-state index in [1.807, 2.05) is 37.3 Å². The van der Waals surface area contributed by atoms with Gasteiger partial charge in [-0.1, -0.05) is 42.4 Å². The average molecular weight is 360 g/mol. The molecule has 26 heavy (non-hydrogen) atoms. The molecule has 0 saturated heterocycles. The number of carbonyl (C=O) groups excluding carboxylic acids is 1. The Morgan fingerprint density at radius 2 is 2.04 bits per heavy atom. The minimum Gasteiger partial charge on any atom is -0.481 e. The summed E-state index contributed by atoms with van der Waals surface area (Å²) in [7, 11) is 0. The molecule has 1 unspecified atom stereocenters. The Bertz CT molecular complexity index is 714. The van der Waals surface area contributed by atoms with E-state index < -0.39 is 11.9 Å². The minimum absolute atomic E-state index is 0.105. The molecule has 0 aliphatic carbocycles. The second-order valence-corrected chi connectivity index (χ2v) is 5.98. The van der Waals surface area contributed by atoms with Crippen LogP contribution in [0.15, 0.2) is 40.9 Å². The summed E-state index contributed by atoms with van der Waals surface area (Å²) in [5.41, 5.74) is 0.985. The first-order chi connectivity index (χ1) is 12.5. The van der Waals surface area contributed by atoms with Crippen LogP contribution in [-0.2, 0) is 9.53 Å². The number of amides is 1. The maximum Gasteiger partial charge on any atom is 0.308 e. The van der Waals surface area contributed by atoms with Gasteiger partial charge < -0.3 is 19.3 Å². The molecular weight excluding hydrogens is 336 g/mol. The minimum atomic E-state index is -0.947. The first-order valence-electron chi connectivity index (χ1n) is 8.64. The summed E-state index contributed by atoms with van der Waals surface area (Å²) in [4.78, 5) is 25.4. The summed E-state index contributed by atoms with van der Waals surface area (Å²) >= 11 is 0. The van der Waals surface area contributed by atoms with Crippen molar-refractivity contribution in [2.45, 2.75) is 20.3 Å². The van der Waals surface area contributed by atoms with Crippen LogP contribution in [0.4, 0.5) is 0 Å². The van der Waals surface area contributed by atoms with Crippen LogP contribution in [0.25, 0.3) is 11.3 Å². The third-order valence-electron chi connectivity index (χ3n) is 3.91. The van der Waals surface area contributed by atoms with Gasteiger partial charge in [0.1, 0.15) is 0 Å². The summed E-state index contributed by atoms with van der Waals surface area (Å²) < 4.78 is 10.6. The van der Waals surface area contributed by atoms with Crippen LogP contribution in [0.2, 0.25) is 0 Å². The van der Waals surface area contributed by atoms with Crippen LogP contribution in [0.5, 0.6) is 0 Å². The van der Waals surface area contributed by atoms with E-state index in [4.69, 9.17) is 14.4 Å². The van der Waals surface area contributed by atoms with Crippen molar-refractivity contribution in [2.75, 3.05) is 26.3 Å². The lowest BCUT2D eigenvalue weighted by molar-refractivity contribution is -0.141. The Morgan fingerprint density at radius 1 is 1.31 bits per heavy atom. The van der Waals surface area contributed by atoms with E-state index >= 15 is 0 Å². The largest absolute Gasteiger partial charge is 0.481 e. The van der Waals surface area contributed by atoms with E-state index in [2.05, 4.69) is 5.16 Å². The zero-order chi connectivity index (χ0) is 18.9. The molecule has 1 atom stereocenters. The van der Waals surface area contributed by atoms with Crippen LogP contribution in [-0.4, -0.2) is 53.3 Å². The molecule has 2 rings (SSSR count). The van der Waals surface area contributed by atoms with Gasteiger partial charge in [-0.05, 0) is 13.3 Å². The highest BCUT2D eigenvalue weighted by Gasteiger charge is 2.24. The summed E-state index contributed by atoms with van der Waals surface area (Å²) in [6.07, 6.45) is 0.620. The maximum atomic E-state index is 12.8. The zero-order valence-electron chi connectivity index (χ0n) is 15.1. The number of rotatable bonds is 10. The van der Waals surface area contributed by atoms with Crippen molar-refractivity contribution < 1.29 is 24.0 Å². The van der Waals surface area contributed by atoms with Gasteiger partial charge >= 0.3 is 5.97 Å². The number of hydrogen-bond acceptors (Lipinski definition) is 5. The monoisotopic (exact) mass is 360 g/mol. The third kappa shape index (κ3) is 5.42. The van der Waals surface area contributed by atoms with Crippen molar-refractivity contribution in [3.05, 3.63) is 42.1 Å². The molecule has 7 nitrogen and oxygen atoms in total. The van der Waals surface area contributed by atoms with Gasteiger partial charge in [-0.25, -0.2) is 0 Å². The molecule has 1 heterocycles. The molecule has 0 aliphatic rings. The molecule has 0 bridgehead atoms. The lowest BCUT2D eigenvalue weighted by Crippen LogP contribution is -2.38. The smallest absolute Gasteiger partial charge is 0.308 e. The highest BCUT2D eigenvalue weighted by atomic mass is 16.5. The van der Waals surface area contributed by atoms with E-state index in [0.717, 1.165) is 5.56 Å². The first-order valence-corrected chi connectivity index (χ1v) is 8.64. The van der Waals surface area contributed by atoms with Crippen LogP contribution in [0.3, 0.4) is 0 Å². The molecule has 0 saturated carbocycles. The molecule has 1 amide bonds. The van der Waals surface area contributed by atoms with E-state index in [9.17, 15) is 9.59 Å². The average Bonchev–Trinajstić information content (AvgIpc) is 3.14. The second kappa shape index (κ2) is 9.72. The number of carboxylic acid groups (broad SMARTS) is 1. The summed E-state index contributed by atoms with van der Waals surface area (Å²) in [6, 6.07) is 10.9. The Hall–Kier alpha value is -2.67. The van der Waals surface area contributed by atoms with Gasteiger partial charge in [0.15, 0.2) is 11.5 Å². The van der Waals surface area contributed by atoms with Gasteiger partial charge in [-0.2, -0.15) is 0 Å². The standard InChI is InChI=1S/C19H24N2O5/c1-3-25-11-7-10-21(13-14(2)19(23)24)18(22)16-12-17(26-20-16)15-8-5-4-6-9-15/h4-6,8-9,12,14H,3,7,10-11,13H2,1-2H3,(H,23,24). The fourth-order valence-corrected chi connectivity index (χ4v) is 2.46. The van der Waals surface area contributed by atoms with E-state index in [1.165, 1.54) is 4.90 Å². The molecule has 1 aromatic heterocycles. The highest BCUT2D eigenvalue weighted by molar-refractivity contribution is 5.93. The molecule has 1 N–H and O–H groups in total. The number of carbonyl (C=O) groups is 2. The molecule has 0 fully saturated rings. The zero-order valence-corrected chi connectivity index (χ0v) is 15.1. The van der Waals surface area contributed by atoms with Crippen molar-refractivity contribution in [1.82, 2.24) is 10.1 Å². The molecule has 140 valence electrons. The molecule has 7 heteroatoms. The molecule has 2 aromatic rings. The van der Waals surface area contributed by atoms with Crippen molar-refractivity contribution in [1.29, 1.82) is 0 Å². The Labute approximate surface area is 152 Å². The summed E-state index contributed by atoms with van der Waals surface area (Å²) in [5, 5.41) is 13.0. The fraction of sp³-hybridized carbons (Fsp3) is 0.421. The maximum absolute atomic E-state index is 12.8. The van der Waals surface area contributed by atoms with Gasteiger partial charge in [-0.15, -0.1) is 0 Å². The Balaban J connectivity index is 2.11. The van der Waals surface area contributed by atoms with Crippen LogP contribution in [0.1, 0.15) is 30.8 Å². The van der Waals surface area contributed by atoms with E-state index in [1.54, 1.807) is 13.0 Å². The lowest BCUT2D eigenvalue weighted by Gasteiger charge is -2.23. The van der Waals surface area contributed by atoms with Gasteiger partial charge in [0.25, 0.3) is 5.91 Å². The number of benzene rings is 1. The molecule has 1 aromatic carbocycles. The number of ether oxygens (including phenoxy) is 1.